The quantitative estimate of drug-likeness (QED) is 0.553. The van der Waals surface area contributed by atoms with E-state index in [1.165, 1.54) is 0 Å². The maximum Gasteiger partial charge on any atom is 0.318 e. The molecule has 0 radical (unpaired) electrons. The van der Waals surface area contributed by atoms with Gasteiger partial charge < -0.3 is 8.91 Å². The second-order valence-electron chi connectivity index (χ2n) is 3.44. The van der Waals surface area contributed by atoms with Crippen molar-refractivity contribution in [1.82, 2.24) is 0 Å². The zero-order valence-corrected chi connectivity index (χ0v) is 9.70. The Labute approximate surface area is 69.5 Å². The minimum absolute atomic E-state index is 0.546. The number of halogens is 1. The topological polar surface area (TPSA) is 29.5 Å². The smallest absolute Gasteiger partial charge is 0.318 e. The molecule has 0 aromatic carbocycles. The van der Waals surface area contributed by atoms with E-state index in [4.69, 9.17) is 15.7 Å². The van der Waals surface area contributed by atoms with E-state index in [1.54, 1.807) is 13.1 Å². The Kier molecular flexibility index (Phi) is 3.58. The summed E-state index contributed by atoms with van der Waals surface area (Å²) in [6.07, 6.45) is 0. The Morgan fingerprint density at radius 2 is 1.70 bits per heavy atom. The number of rotatable bonds is 3. The van der Waals surface area contributed by atoms with Gasteiger partial charge in [-0.25, -0.2) is 0 Å². The van der Waals surface area contributed by atoms with E-state index < -0.39 is 16.9 Å². The first-order chi connectivity index (χ1) is 4.27. The van der Waals surface area contributed by atoms with Crippen molar-refractivity contribution in [3.05, 3.63) is 0 Å². The highest BCUT2D eigenvalue weighted by Crippen LogP contribution is 2.12. The first-order valence-corrected chi connectivity index (χ1v) is 9.76. The molecule has 0 spiro atoms. The third-order valence-electron chi connectivity index (χ3n) is 0.848. The van der Waals surface area contributed by atoms with Crippen molar-refractivity contribution in [1.29, 1.82) is 0 Å². The lowest BCUT2D eigenvalue weighted by atomic mass is 11.8. The van der Waals surface area contributed by atoms with Gasteiger partial charge in [0.15, 0.2) is 8.32 Å². The van der Waals surface area contributed by atoms with E-state index in [1.807, 2.05) is 13.1 Å². The van der Waals surface area contributed by atoms with Crippen molar-refractivity contribution in [3.8, 4) is 0 Å². The molecule has 0 bridgehead atoms. The molecule has 5 heteroatoms. The highest BCUT2D eigenvalue weighted by atomic mass is 35.5. The van der Waals surface area contributed by atoms with Crippen LogP contribution in [0.25, 0.3) is 0 Å². The van der Waals surface area contributed by atoms with Gasteiger partial charge in [-0.3, -0.25) is 0 Å². The van der Waals surface area contributed by atoms with Gasteiger partial charge in [0, 0.05) is 5.50 Å². The Morgan fingerprint density at radius 1 is 1.30 bits per heavy atom. The van der Waals surface area contributed by atoms with Gasteiger partial charge in [-0.2, -0.15) is 0 Å². The van der Waals surface area contributed by atoms with Crippen LogP contribution in [-0.4, -0.2) is 27.2 Å². The maximum atomic E-state index is 9.38. The second-order valence-corrected chi connectivity index (χ2v) is 11.7. The monoisotopic (exact) mass is 198 g/mol. The van der Waals surface area contributed by atoms with Crippen LogP contribution in [0.2, 0.25) is 26.2 Å². The number of hydrogen-bond acceptors (Lipinski definition) is 2. The van der Waals surface area contributed by atoms with E-state index in [2.05, 4.69) is 0 Å². The highest BCUT2D eigenvalue weighted by molar-refractivity contribution is 6.85. The van der Waals surface area contributed by atoms with Crippen molar-refractivity contribution in [2.45, 2.75) is 26.2 Å². The van der Waals surface area contributed by atoms with Crippen molar-refractivity contribution < 1.29 is 8.91 Å². The van der Waals surface area contributed by atoms with E-state index in [0.717, 1.165) is 0 Å². The summed E-state index contributed by atoms with van der Waals surface area (Å²) in [5.74, 6) is 0. The molecule has 0 unspecified atom stereocenters. The van der Waals surface area contributed by atoms with Gasteiger partial charge in [-0.05, 0) is 26.2 Å². The minimum atomic E-state index is -2.34. The van der Waals surface area contributed by atoms with Crippen LogP contribution >= 0.6 is 11.6 Å². The van der Waals surface area contributed by atoms with Crippen molar-refractivity contribution in [2.24, 2.45) is 0 Å². The summed E-state index contributed by atoms with van der Waals surface area (Å²) in [5.41, 5.74) is 0.546. The fourth-order valence-electron chi connectivity index (χ4n) is 0.703. The molecule has 1 N–H and O–H groups in total. The lowest BCUT2D eigenvalue weighted by molar-refractivity contribution is 0.388. The summed E-state index contributed by atoms with van der Waals surface area (Å²) in [5, 5.41) is 0. The van der Waals surface area contributed by atoms with E-state index in [9.17, 15) is 4.80 Å². The average molecular weight is 199 g/mol. The van der Waals surface area contributed by atoms with Crippen LogP contribution in [0.3, 0.4) is 0 Å². The molecule has 0 aromatic rings. The van der Waals surface area contributed by atoms with Gasteiger partial charge in [0.05, 0.1) is 0 Å². The van der Waals surface area contributed by atoms with Gasteiger partial charge in [0.25, 0.3) is 0 Å². The van der Waals surface area contributed by atoms with Gasteiger partial charge in [-0.1, -0.05) is 0 Å². The normalized spacial score (nSPS) is 13.8. The van der Waals surface area contributed by atoms with Crippen LogP contribution in [0.1, 0.15) is 0 Å². The van der Waals surface area contributed by atoms with Crippen molar-refractivity contribution in [3.63, 3.8) is 0 Å². The lowest BCUT2D eigenvalue weighted by Gasteiger charge is -2.27. The first kappa shape index (κ1) is 10.6. The van der Waals surface area contributed by atoms with E-state index in [0.29, 0.717) is 5.50 Å². The molecule has 0 aliphatic heterocycles. The Morgan fingerprint density at radius 3 is 1.80 bits per heavy atom. The summed E-state index contributed by atoms with van der Waals surface area (Å²) in [6.45, 7) is 7.53. The highest BCUT2D eigenvalue weighted by Gasteiger charge is 2.30. The molecule has 0 aliphatic carbocycles. The molecular formula is C5H15ClO2Si2. The minimum Gasteiger partial charge on any atom is -0.435 e. The molecule has 0 rings (SSSR count). The Hall–Kier alpha value is 0.644. The fourth-order valence-corrected chi connectivity index (χ4v) is 6.82. The molecule has 0 amide bonds. The fraction of sp³-hybridized carbons (Fsp3) is 1.00. The summed E-state index contributed by atoms with van der Waals surface area (Å²) >= 11 is 5.65. The van der Waals surface area contributed by atoms with Crippen molar-refractivity contribution in [2.75, 3.05) is 5.50 Å². The van der Waals surface area contributed by atoms with Crippen LogP contribution in [0, 0.1) is 0 Å². The van der Waals surface area contributed by atoms with E-state index in [-0.39, 0.29) is 0 Å². The molecule has 62 valence electrons. The summed E-state index contributed by atoms with van der Waals surface area (Å²) in [6, 6.07) is 0. The molecule has 0 atom stereocenters. The summed E-state index contributed by atoms with van der Waals surface area (Å²) in [7, 11) is -4.07. The van der Waals surface area contributed by atoms with Gasteiger partial charge in [0.2, 0.25) is 0 Å². The molecule has 0 saturated carbocycles. The van der Waals surface area contributed by atoms with Crippen LogP contribution in [-0.2, 0) is 4.12 Å². The van der Waals surface area contributed by atoms with Crippen molar-refractivity contribution >= 4 is 28.5 Å². The summed E-state index contributed by atoms with van der Waals surface area (Å²) in [4.78, 5) is 9.38. The van der Waals surface area contributed by atoms with Crippen LogP contribution in [0.4, 0.5) is 0 Å². The Balaban J connectivity index is 3.89. The molecule has 0 aliphatic rings. The van der Waals surface area contributed by atoms with Gasteiger partial charge in [0.1, 0.15) is 0 Å². The molecular weight excluding hydrogens is 184 g/mol. The van der Waals surface area contributed by atoms with Gasteiger partial charge in [-0.15, -0.1) is 11.6 Å². The van der Waals surface area contributed by atoms with Crippen LogP contribution in [0.15, 0.2) is 0 Å². The van der Waals surface area contributed by atoms with Gasteiger partial charge >= 0.3 is 8.56 Å². The third kappa shape index (κ3) is 5.43. The largest absolute Gasteiger partial charge is 0.435 e. The average Bonchev–Trinajstić information content (AvgIpc) is 1.60. The third-order valence-corrected chi connectivity index (χ3v) is 7.63. The molecule has 0 saturated heterocycles. The molecule has 0 fully saturated rings. The summed E-state index contributed by atoms with van der Waals surface area (Å²) < 4.78 is 5.48. The lowest BCUT2D eigenvalue weighted by Crippen LogP contribution is -2.46. The van der Waals surface area contributed by atoms with Crippen LogP contribution < -0.4 is 0 Å². The predicted molar refractivity (Wildman–Crippen MR) is 49.0 cm³/mol. The maximum absolute atomic E-state index is 9.38. The molecule has 0 aromatic heterocycles. The number of hydrogen-bond donors (Lipinski definition) is 1. The molecule has 0 heterocycles. The Bertz CT molecular complexity index is 111. The first-order valence-electron chi connectivity index (χ1n) is 3.25. The predicted octanol–water partition coefficient (Wildman–Crippen LogP) is 1.68. The number of alkyl halides is 1. The zero-order valence-electron chi connectivity index (χ0n) is 6.94. The standard InChI is InChI=1S/C5H15ClO2Si2/c1-9(2,5-6)8-10(3,4)7/h7H,5H2,1-4H3. The van der Waals surface area contributed by atoms with E-state index >= 15 is 0 Å². The zero-order chi connectivity index (χ0) is 8.41. The van der Waals surface area contributed by atoms with Crippen LogP contribution in [0.5, 0.6) is 0 Å². The second kappa shape index (κ2) is 3.36. The molecule has 2 nitrogen and oxygen atoms in total. The molecule has 10 heavy (non-hydrogen) atoms. The SMILES string of the molecule is C[Si](C)(O)O[Si](C)(C)CCl.